The minimum absolute atomic E-state index is 0.0434. The highest BCUT2D eigenvalue weighted by molar-refractivity contribution is 5.46. The number of fused-ring (bicyclic) bond motifs is 1. The molecule has 1 unspecified atom stereocenters. The van der Waals surface area contributed by atoms with Crippen LogP contribution in [0.4, 0.5) is 10.1 Å². The predicted molar refractivity (Wildman–Crippen MR) is 80.8 cm³/mol. The van der Waals surface area contributed by atoms with E-state index in [2.05, 4.69) is 0 Å². The molecule has 5 heteroatoms. The molecule has 3 rings (SSSR count). The van der Waals surface area contributed by atoms with Crippen LogP contribution in [0.1, 0.15) is 29.0 Å². The van der Waals surface area contributed by atoms with Gasteiger partial charge in [0, 0.05) is 5.56 Å². The smallest absolute Gasteiger partial charge is 0.275 e. The molecule has 0 amide bonds. The van der Waals surface area contributed by atoms with E-state index >= 15 is 0 Å². The molecule has 0 saturated carbocycles. The number of rotatable bonds is 3. The van der Waals surface area contributed by atoms with Crippen LogP contribution in [0.15, 0.2) is 36.4 Å². The van der Waals surface area contributed by atoms with Crippen LogP contribution >= 0.6 is 0 Å². The molecule has 4 nitrogen and oxygen atoms in total. The summed E-state index contributed by atoms with van der Waals surface area (Å²) in [5.74, 6) is 0.295. The van der Waals surface area contributed by atoms with Gasteiger partial charge in [-0.1, -0.05) is 6.07 Å². The topological polar surface area (TPSA) is 52.4 Å². The van der Waals surface area contributed by atoms with Gasteiger partial charge in [0.1, 0.15) is 11.6 Å². The lowest BCUT2D eigenvalue weighted by Crippen LogP contribution is -2.14. The van der Waals surface area contributed by atoms with Gasteiger partial charge in [0.05, 0.1) is 18.1 Å². The van der Waals surface area contributed by atoms with Crippen molar-refractivity contribution in [2.75, 3.05) is 7.11 Å². The summed E-state index contributed by atoms with van der Waals surface area (Å²) in [6.45, 7) is 0. The summed E-state index contributed by atoms with van der Waals surface area (Å²) in [6.07, 6.45) is 2.38. The van der Waals surface area contributed by atoms with Crippen LogP contribution in [0, 0.1) is 15.9 Å². The molecular formula is C17H16FNO3. The van der Waals surface area contributed by atoms with Crippen LogP contribution in [0.5, 0.6) is 5.75 Å². The molecule has 22 heavy (non-hydrogen) atoms. The molecule has 0 heterocycles. The van der Waals surface area contributed by atoms with E-state index in [1.807, 2.05) is 18.2 Å². The average molecular weight is 301 g/mol. The van der Waals surface area contributed by atoms with Crippen LogP contribution in [0.25, 0.3) is 0 Å². The van der Waals surface area contributed by atoms with E-state index in [0.717, 1.165) is 31.1 Å². The summed E-state index contributed by atoms with van der Waals surface area (Å²) in [5.41, 5.74) is 2.89. The van der Waals surface area contributed by atoms with E-state index in [1.165, 1.54) is 17.2 Å². The van der Waals surface area contributed by atoms with Gasteiger partial charge < -0.3 is 4.74 Å². The molecule has 0 radical (unpaired) electrons. The van der Waals surface area contributed by atoms with Gasteiger partial charge in [-0.25, -0.2) is 4.39 Å². The van der Waals surface area contributed by atoms with E-state index in [1.54, 1.807) is 13.2 Å². The molecule has 0 fully saturated rings. The van der Waals surface area contributed by atoms with Crippen molar-refractivity contribution < 1.29 is 14.1 Å². The second kappa shape index (κ2) is 5.75. The van der Waals surface area contributed by atoms with Gasteiger partial charge >= 0.3 is 0 Å². The summed E-state index contributed by atoms with van der Waals surface area (Å²) < 4.78 is 18.5. The lowest BCUT2D eigenvalue weighted by molar-refractivity contribution is -0.385. The third-order valence-electron chi connectivity index (χ3n) is 4.27. The van der Waals surface area contributed by atoms with Gasteiger partial charge in [-0.2, -0.15) is 0 Å². The third kappa shape index (κ3) is 2.66. The molecule has 114 valence electrons. The Kier molecular flexibility index (Phi) is 3.79. The number of nitrogens with zero attached hydrogens (tertiary/aromatic N) is 1. The van der Waals surface area contributed by atoms with Crippen molar-refractivity contribution in [2.45, 2.75) is 25.2 Å². The first-order chi connectivity index (χ1) is 10.6. The van der Waals surface area contributed by atoms with Crippen molar-refractivity contribution >= 4 is 5.69 Å². The number of halogens is 1. The second-order valence-corrected chi connectivity index (χ2v) is 5.53. The Hall–Kier alpha value is -2.43. The number of hydrogen-bond donors (Lipinski definition) is 0. The van der Waals surface area contributed by atoms with Gasteiger partial charge in [-0.15, -0.1) is 0 Å². The number of benzene rings is 2. The first kappa shape index (κ1) is 14.5. The van der Waals surface area contributed by atoms with E-state index < -0.39 is 10.7 Å². The average Bonchev–Trinajstić information content (AvgIpc) is 2.53. The normalized spacial score (nSPS) is 16.9. The van der Waals surface area contributed by atoms with Crippen molar-refractivity contribution in [1.29, 1.82) is 0 Å². The highest BCUT2D eigenvalue weighted by Gasteiger charge is 2.26. The Labute approximate surface area is 127 Å². The molecule has 0 aliphatic heterocycles. The number of nitro benzene ring substituents is 1. The summed E-state index contributed by atoms with van der Waals surface area (Å²) in [5, 5.41) is 11.2. The number of ether oxygens (including phenoxy) is 1. The van der Waals surface area contributed by atoms with E-state index in [-0.39, 0.29) is 11.6 Å². The van der Waals surface area contributed by atoms with E-state index in [9.17, 15) is 14.5 Å². The fourth-order valence-corrected chi connectivity index (χ4v) is 3.14. The number of aryl methyl sites for hydroxylation is 1. The Morgan fingerprint density at radius 3 is 2.77 bits per heavy atom. The van der Waals surface area contributed by atoms with Gasteiger partial charge in [-0.05, 0) is 60.6 Å². The minimum Gasteiger partial charge on any atom is -0.497 e. The molecule has 1 aliphatic rings. The maximum atomic E-state index is 13.3. The molecule has 0 N–H and O–H groups in total. The van der Waals surface area contributed by atoms with Crippen LogP contribution < -0.4 is 4.74 Å². The zero-order chi connectivity index (χ0) is 15.7. The van der Waals surface area contributed by atoms with E-state index in [4.69, 9.17) is 4.74 Å². The Morgan fingerprint density at radius 1 is 1.23 bits per heavy atom. The van der Waals surface area contributed by atoms with Crippen LogP contribution in [0.3, 0.4) is 0 Å². The highest BCUT2D eigenvalue weighted by atomic mass is 19.1. The Bertz CT molecular complexity index is 730. The molecule has 1 aliphatic carbocycles. The molecule has 2 aromatic carbocycles. The van der Waals surface area contributed by atoms with Gasteiger partial charge in [0.25, 0.3) is 5.69 Å². The first-order valence-electron chi connectivity index (χ1n) is 7.18. The highest BCUT2D eigenvalue weighted by Crippen LogP contribution is 2.38. The minimum atomic E-state index is -0.573. The fraction of sp³-hybridized carbons (Fsp3) is 0.294. The van der Waals surface area contributed by atoms with Crippen LogP contribution in [0.2, 0.25) is 0 Å². The lowest BCUT2D eigenvalue weighted by Gasteiger charge is -2.25. The second-order valence-electron chi connectivity index (χ2n) is 5.53. The standard InChI is InChI=1S/C17H16FNO3/c1-22-15-6-4-11-8-13(3-2-12(11)9-15)16-7-5-14(18)10-17(16)19(20)21/h4-7,9-10,13H,2-3,8H2,1H3. The maximum Gasteiger partial charge on any atom is 0.275 e. The zero-order valence-electron chi connectivity index (χ0n) is 12.2. The van der Waals surface area contributed by atoms with Gasteiger partial charge in [-0.3, -0.25) is 10.1 Å². The molecule has 2 aromatic rings. The monoisotopic (exact) mass is 301 g/mol. The molecule has 1 atom stereocenters. The molecular weight excluding hydrogens is 285 g/mol. The van der Waals surface area contributed by atoms with Crippen molar-refractivity contribution in [3.63, 3.8) is 0 Å². The SMILES string of the molecule is COc1ccc2c(c1)CCC(c1ccc(F)cc1[N+](=O)[O-])C2. The molecule has 0 saturated heterocycles. The Balaban J connectivity index is 1.93. The van der Waals surface area contributed by atoms with Crippen molar-refractivity contribution in [3.05, 3.63) is 69.0 Å². The third-order valence-corrected chi connectivity index (χ3v) is 4.27. The largest absolute Gasteiger partial charge is 0.497 e. The zero-order valence-corrected chi connectivity index (χ0v) is 12.2. The van der Waals surface area contributed by atoms with Crippen molar-refractivity contribution in [3.8, 4) is 5.75 Å². The number of nitro groups is 1. The van der Waals surface area contributed by atoms with E-state index in [0.29, 0.717) is 5.56 Å². The maximum absolute atomic E-state index is 13.3. The lowest BCUT2D eigenvalue weighted by atomic mass is 9.79. The van der Waals surface area contributed by atoms with Crippen LogP contribution in [-0.2, 0) is 12.8 Å². The molecule has 0 spiro atoms. The molecule has 0 aromatic heterocycles. The van der Waals surface area contributed by atoms with Gasteiger partial charge in [0.2, 0.25) is 0 Å². The number of methoxy groups -OCH3 is 1. The van der Waals surface area contributed by atoms with Crippen molar-refractivity contribution in [1.82, 2.24) is 0 Å². The van der Waals surface area contributed by atoms with Crippen molar-refractivity contribution in [2.24, 2.45) is 0 Å². The number of hydrogen-bond acceptors (Lipinski definition) is 3. The fourth-order valence-electron chi connectivity index (χ4n) is 3.14. The van der Waals surface area contributed by atoms with Crippen LogP contribution in [-0.4, -0.2) is 12.0 Å². The quantitative estimate of drug-likeness (QED) is 0.635. The summed E-state index contributed by atoms with van der Waals surface area (Å²) in [4.78, 5) is 10.7. The Morgan fingerprint density at radius 2 is 2.05 bits per heavy atom. The first-order valence-corrected chi connectivity index (χ1v) is 7.18. The summed E-state index contributed by atoms with van der Waals surface area (Å²) in [7, 11) is 1.63. The summed E-state index contributed by atoms with van der Waals surface area (Å²) in [6, 6.07) is 9.79. The summed E-state index contributed by atoms with van der Waals surface area (Å²) >= 11 is 0. The molecule has 0 bridgehead atoms. The van der Waals surface area contributed by atoms with Gasteiger partial charge in [0.15, 0.2) is 0 Å². The predicted octanol–water partition coefficient (Wildman–Crippen LogP) is 4.02.